The van der Waals surface area contributed by atoms with Gasteiger partial charge >= 0.3 is 0 Å². The van der Waals surface area contributed by atoms with Gasteiger partial charge in [0.1, 0.15) is 5.82 Å². The van der Waals surface area contributed by atoms with Crippen molar-refractivity contribution in [3.63, 3.8) is 0 Å². The second kappa shape index (κ2) is 8.13. The van der Waals surface area contributed by atoms with Crippen LogP contribution in [0.4, 0.5) is 15.8 Å². The first-order valence-electron chi connectivity index (χ1n) is 8.32. The minimum atomic E-state index is -4.08. The van der Waals surface area contributed by atoms with Crippen LogP contribution in [0.1, 0.15) is 26.5 Å². The van der Waals surface area contributed by atoms with Crippen molar-refractivity contribution in [2.75, 3.05) is 10.0 Å². The SMILES string of the molecule is Cc1[nH]nc(C(N)=O)c1NC(=O)c1ccc(Cl)c(NS(=O)(=O)c2ccc(F)cc2)c1. The van der Waals surface area contributed by atoms with Crippen molar-refractivity contribution < 1.29 is 22.4 Å². The van der Waals surface area contributed by atoms with Gasteiger partial charge in [0.2, 0.25) is 0 Å². The van der Waals surface area contributed by atoms with E-state index in [1.807, 2.05) is 0 Å². The van der Waals surface area contributed by atoms with Crippen LogP contribution in [-0.4, -0.2) is 30.4 Å². The maximum absolute atomic E-state index is 13.1. The summed E-state index contributed by atoms with van der Waals surface area (Å²) in [7, 11) is -4.08. The second-order valence-electron chi connectivity index (χ2n) is 6.14. The van der Waals surface area contributed by atoms with Crippen LogP contribution in [0.25, 0.3) is 0 Å². The Morgan fingerprint density at radius 3 is 2.47 bits per heavy atom. The molecule has 0 bridgehead atoms. The number of nitrogens with two attached hydrogens (primary N) is 1. The fraction of sp³-hybridized carbons (Fsp3) is 0.0556. The van der Waals surface area contributed by atoms with Crippen molar-refractivity contribution in [1.82, 2.24) is 10.2 Å². The van der Waals surface area contributed by atoms with E-state index < -0.39 is 27.7 Å². The first kappa shape index (κ1) is 21.3. The number of sulfonamides is 1. The van der Waals surface area contributed by atoms with Gasteiger partial charge in [0, 0.05) is 5.56 Å². The van der Waals surface area contributed by atoms with Gasteiger partial charge in [-0.25, -0.2) is 12.8 Å². The summed E-state index contributed by atoms with van der Waals surface area (Å²) >= 11 is 6.06. The quantitative estimate of drug-likeness (QED) is 0.455. The van der Waals surface area contributed by atoms with E-state index in [1.165, 1.54) is 18.2 Å². The van der Waals surface area contributed by atoms with Gasteiger partial charge in [0.15, 0.2) is 5.69 Å². The number of hydrogen-bond acceptors (Lipinski definition) is 5. The van der Waals surface area contributed by atoms with Gasteiger partial charge in [-0.2, -0.15) is 5.10 Å². The second-order valence-corrected chi connectivity index (χ2v) is 8.23. The molecule has 0 spiro atoms. The number of aryl methyl sites for hydroxylation is 1. The average molecular weight is 452 g/mol. The topological polar surface area (TPSA) is 147 Å². The molecule has 2 amide bonds. The van der Waals surface area contributed by atoms with Crippen LogP contribution in [0.15, 0.2) is 47.4 Å². The van der Waals surface area contributed by atoms with Crippen molar-refractivity contribution in [2.24, 2.45) is 5.73 Å². The highest BCUT2D eigenvalue weighted by atomic mass is 35.5. The standard InChI is InChI=1S/C18H15ClFN5O4S/c1-9-15(16(17(21)26)24-23-9)22-18(27)10-2-7-13(19)14(8-10)25-30(28,29)12-5-3-11(20)4-6-12/h2-8,25H,1H3,(H2,21,26)(H,22,27)(H,23,24). The van der Waals surface area contributed by atoms with Gasteiger partial charge in [-0.3, -0.25) is 19.4 Å². The molecule has 0 atom stereocenters. The van der Waals surface area contributed by atoms with Crippen LogP contribution in [0.5, 0.6) is 0 Å². The Bertz CT molecular complexity index is 1240. The lowest BCUT2D eigenvalue weighted by Crippen LogP contribution is -2.19. The molecule has 0 unspecified atom stereocenters. The molecule has 30 heavy (non-hydrogen) atoms. The molecular formula is C18H15ClFN5O4S. The Balaban J connectivity index is 1.88. The monoisotopic (exact) mass is 451 g/mol. The number of amides is 2. The van der Waals surface area contributed by atoms with Crippen LogP contribution in [0.3, 0.4) is 0 Å². The first-order chi connectivity index (χ1) is 14.1. The summed E-state index contributed by atoms with van der Waals surface area (Å²) < 4.78 is 40.3. The molecule has 12 heteroatoms. The predicted molar refractivity (Wildman–Crippen MR) is 108 cm³/mol. The van der Waals surface area contributed by atoms with Gasteiger partial charge in [0.25, 0.3) is 21.8 Å². The molecule has 0 aliphatic heterocycles. The molecule has 0 saturated heterocycles. The Morgan fingerprint density at radius 1 is 1.17 bits per heavy atom. The molecule has 0 aliphatic carbocycles. The van der Waals surface area contributed by atoms with E-state index in [0.717, 1.165) is 24.3 Å². The third kappa shape index (κ3) is 4.42. The number of carbonyl (C=O) groups is 2. The van der Waals surface area contributed by atoms with Crippen LogP contribution in [0, 0.1) is 12.7 Å². The zero-order valence-corrected chi connectivity index (χ0v) is 16.9. The molecule has 1 heterocycles. The van der Waals surface area contributed by atoms with E-state index in [-0.39, 0.29) is 32.6 Å². The summed E-state index contributed by atoms with van der Waals surface area (Å²) in [5.74, 6) is -2.07. The number of hydrogen-bond donors (Lipinski definition) is 4. The van der Waals surface area contributed by atoms with E-state index in [1.54, 1.807) is 6.92 Å². The van der Waals surface area contributed by atoms with E-state index in [9.17, 15) is 22.4 Å². The molecule has 1 aromatic heterocycles. The molecule has 0 saturated carbocycles. The van der Waals surface area contributed by atoms with Crippen LogP contribution in [-0.2, 0) is 10.0 Å². The first-order valence-corrected chi connectivity index (χ1v) is 10.2. The molecule has 3 rings (SSSR count). The maximum Gasteiger partial charge on any atom is 0.271 e. The lowest BCUT2D eigenvalue weighted by atomic mass is 10.2. The molecule has 9 nitrogen and oxygen atoms in total. The number of halogens is 2. The number of rotatable bonds is 6. The number of primary amides is 1. The van der Waals surface area contributed by atoms with Crippen molar-refractivity contribution in [3.8, 4) is 0 Å². The van der Waals surface area contributed by atoms with E-state index in [2.05, 4.69) is 20.2 Å². The predicted octanol–water partition coefficient (Wildman–Crippen LogP) is 2.66. The number of anilines is 2. The molecule has 2 aromatic carbocycles. The Kier molecular flexibility index (Phi) is 5.76. The fourth-order valence-corrected chi connectivity index (χ4v) is 3.80. The normalized spacial score (nSPS) is 11.2. The minimum Gasteiger partial charge on any atom is -0.364 e. The van der Waals surface area contributed by atoms with Crippen LogP contribution < -0.4 is 15.8 Å². The van der Waals surface area contributed by atoms with Crippen molar-refractivity contribution in [1.29, 1.82) is 0 Å². The van der Waals surface area contributed by atoms with Gasteiger partial charge in [-0.15, -0.1) is 0 Å². The molecule has 5 N–H and O–H groups in total. The lowest BCUT2D eigenvalue weighted by molar-refractivity contribution is 0.0996. The summed E-state index contributed by atoms with van der Waals surface area (Å²) in [6, 6.07) is 8.11. The number of benzene rings is 2. The number of H-pyrrole nitrogens is 1. The Morgan fingerprint density at radius 2 is 1.83 bits per heavy atom. The molecule has 156 valence electrons. The third-order valence-electron chi connectivity index (χ3n) is 4.02. The van der Waals surface area contributed by atoms with Crippen molar-refractivity contribution in [3.05, 3.63) is 70.3 Å². The summed E-state index contributed by atoms with van der Waals surface area (Å²) in [5.41, 5.74) is 5.58. The van der Waals surface area contributed by atoms with Gasteiger partial charge in [0.05, 0.1) is 27.0 Å². The summed E-state index contributed by atoms with van der Waals surface area (Å²) in [4.78, 5) is 23.9. The van der Waals surface area contributed by atoms with Crippen LogP contribution in [0.2, 0.25) is 5.02 Å². The zero-order valence-electron chi connectivity index (χ0n) is 15.4. The molecule has 0 radical (unpaired) electrons. The average Bonchev–Trinajstić information content (AvgIpc) is 3.04. The summed E-state index contributed by atoms with van der Waals surface area (Å²) in [5, 5.41) is 8.82. The smallest absolute Gasteiger partial charge is 0.271 e. The highest BCUT2D eigenvalue weighted by Gasteiger charge is 2.20. The number of nitrogens with zero attached hydrogens (tertiary/aromatic N) is 1. The fourth-order valence-electron chi connectivity index (χ4n) is 2.51. The number of aromatic amines is 1. The van der Waals surface area contributed by atoms with Crippen molar-refractivity contribution >= 4 is 44.8 Å². The van der Waals surface area contributed by atoms with Crippen molar-refractivity contribution in [2.45, 2.75) is 11.8 Å². The minimum absolute atomic E-state index is 0.0366. The third-order valence-corrected chi connectivity index (χ3v) is 5.73. The zero-order chi connectivity index (χ0) is 22.1. The van der Waals surface area contributed by atoms with E-state index in [0.29, 0.717) is 5.69 Å². The molecule has 0 aliphatic rings. The highest BCUT2D eigenvalue weighted by molar-refractivity contribution is 7.92. The number of aromatic nitrogens is 2. The Labute approximate surface area is 175 Å². The van der Waals surface area contributed by atoms with E-state index in [4.69, 9.17) is 17.3 Å². The summed E-state index contributed by atoms with van der Waals surface area (Å²) in [6.07, 6.45) is 0. The Hall–Kier alpha value is -3.44. The molecule has 3 aromatic rings. The maximum atomic E-state index is 13.1. The van der Waals surface area contributed by atoms with Gasteiger partial charge < -0.3 is 11.1 Å². The van der Waals surface area contributed by atoms with E-state index >= 15 is 0 Å². The summed E-state index contributed by atoms with van der Waals surface area (Å²) in [6.45, 7) is 1.58. The van der Waals surface area contributed by atoms with Gasteiger partial charge in [-0.1, -0.05) is 11.6 Å². The molecular weight excluding hydrogens is 437 g/mol. The highest BCUT2D eigenvalue weighted by Crippen LogP contribution is 2.27. The lowest BCUT2D eigenvalue weighted by Gasteiger charge is -2.12. The van der Waals surface area contributed by atoms with Gasteiger partial charge in [-0.05, 0) is 49.4 Å². The molecule has 0 fully saturated rings. The number of carbonyl (C=O) groups excluding carboxylic acids is 2. The largest absolute Gasteiger partial charge is 0.364 e. The van der Waals surface area contributed by atoms with Crippen LogP contribution >= 0.6 is 11.6 Å². The number of nitrogens with one attached hydrogen (secondary N) is 3.